The highest BCUT2D eigenvalue weighted by Crippen LogP contribution is 2.20. The first-order valence-corrected chi connectivity index (χ1v) is 8.89. The van der Waals surface area contributed by atoms with E-state index in [4.69, 9.17) is 0 Å². The predicted octanol–water partition coefficient (Wildman–Crippen LogP) is 2.21. The van der Waals surface area contributed by atoms with Crippen LogP contribution in [0, 0.1) is 12.8 Å². The first-order chi connectivity index (χ1) is 12.2. The first-order valence-electron chi connectivity index (χ1n) is 8.89. The summed E-state index contributed by atoms with van der Waals surface area (Å²) in [4.78, 5) is 26.8. The van der Waals surface area contributed by atoms with Gasteiger partial charge in [0.1, 0.15) is 6.33 Å². The van der Waals surface area contributed by atoms with Gasteiger partial charge in [0.2, 0.25) is 0 Å². The molecule has 2 aromatic heterocycles. The molecule has 3 rings (SSSR count). The fourth-order valence-electron chi connectivity index (χ4n) is 3.36. The molecule has 1 atom stereocenters. The SMILES string of the molecule is Cc1cccc(CN2CCCC(CCNC(=O)c3cncnc3)C2)n1. The molecular weight excluding hydrogens is 314 g/mol. The number of hydrogen-bond acceptors (Lipinski definition) is 5. The van der Waals surface area contributed by atoms with Gasteiger partial charge < -0.3 is 5.32 Å². The number of carbonyl (C=O) groups is 1. The zero-order valence-electron chi connectivity index (χ0n) is 14.7. The van der Waals surface area contributed by atoms with Crippen LogP contribution in [0.4, 0.5) is 0 Å². The Labute approximate surface area is 148 Å². The van der Waals surface area contributed by atoms with Crippen molar-refractivity contribution in [3.63, 3.8) is 0 Å². The molecule has 0 aromatic carbocycles. The van der Waals surface area contributed by atoms with Crippen LogP contribution in [-0.4, -0.2) is 45.4 Å². The number of amides is 1. The van der Waals surface area contributed by atoms with Gasteiger partial charge in [-0.15, -0.1) is 0 Å². The lowest BCUT2D eigenvalue weighted by molar-refractivity contribution is 0.0945. The third-order valence-corrected chi connectivity index (χ3v) is 4.60. The van der Waals surface area contributed by atoms with Gasteiger partial charge in [-0.3, -0.25) is 14.7 Å². The van der Waals surface area contributed by atoms with Crippen LogP contribution in [0.25, 0.3) is 0 Å². The lowest BCUT2D eigenvalue weighted by atomic mass is 9.94. The minimum absolute atomic E-state index is 0.0998. The standard InChI is InChI=1S/C19H25N5O/c1-15-4-2-6-18(23-15)13-24-9-3-5-16(12-24)7-8-22-19(25)17-10-20-14-21-11-17/h2,4,6,10-11,14,16H,3,5,7-9,12-13H2,1H3,(H,22,25). The van der Waals surface area contributed by atoms with Crippen LogP contribution in [0.1, 0.15) is 41.0 Å². The summed E-state index contributed by atoms with van der Waals surface area (Å²) in [7, 11) is 0. The van der Waals surface area contributed by atoms with Crippen LogP contribution < -0.4 is 5.32 Å². The quantitative estimate of drug-likeness (QED) is 0.874. The Bertz CT molecular complexity index is 691. The van der Waals surface area contributed by atoms with E-state index in [0.29, 0.717) is 18.0 Å². The number of nitrogens with zero attached hydrogens (tertiary/aromatic N) is 4. The molecule has 1 amide bonds. The Kier molecular flexibility index (Phi) is 6.06. The van der Waals surface area contributed by atoms with Crippen LogP contribution >= 0.6 is 0 Å². The maximum absolute atomic E-state index is 12.0. The van der Waals surface area contributed by atoms with Crippen molar-refractivity contribution >= 4 is 5.91 Å². The zero-order chi connectivity index (χ0) is 17.5. The minimum Gasteiger partial charge on any atom is -0.352 e. The summed E-state index contributed by atoms with van der Waals surface area (Å²) >= 11 is 0. The number of nitrogens with one attached hydrogen (secondary N) is 1. The summed E-state index contributed by atoms with van der Waals surface area (Å²) in [6, 6.07) is 6.20. The van der Waals surface area contributed by atoms with Gasteiger partial charge in [-0.25, -0.2) is 9.97 Å². The maximum Gasteiger partial charge on any atom is 0.254 e. The average molecular weight is 339 g/mol. The molecule has 1 saturated heterocycles. The molecule has 1 aliphatic heterocycles. The Morgan fingerprint density at radius 3 is 2.96 bits per heavy atom. The smallest absolute Gasteiger partial charge is 0.254 e. The Morgan fingerprint density at radius 2 is 2.16 bits per heavy atom. The molecule has 3 heterocycles. The van der Waals surface area contributed by atoms with E-state index in [-0.39, 0.29) is 5.91 Å². The molecule has 0 spiro atoms. The van der Waals surface area contributed by atoms with Crippen LogP contribution in [-0.2, 0) is 6.54 Å². The van der Waals surface area contributed by atoms with E-state index in [9.17, 15) is 4.79 Å². The van der Waals surface area contributed by atoms with Gasteiger partial charge in [0.25, 0.3) is 5.91 Å². The fourth-order valence-corrected chi connectivity index (χ4v) is 3.36. The first kappa shape index (κ1) is 17.5. The van der Waals surface area contributed by atoms with Gasteiger partial charge >= 0.3 is 0 Å². The van der Waals surface area contributed by atoms with E-state index >= 15 is 0 Å². The summed E-state index contributed by atoms with van der Waals surface area (Å²) in [6.45, 7) is 5.82. The number of hydrogen-bond donors (Lipinski definition) is 1. The van der Waals surface area contributed by atoms with Crippen molar-refractivity contribution in [3.8, 4) is 0 Å². The highest BCUT2D eigenvalue weighted by Gasteiger charge is 2.20. The largest absolute Gasteiger partial charge is 0.352 e. The Hall–Kier alpha value is -2.34. The molecule has 1 N–H and O–H groups in total. The second-order valence-electron chi connectivity index (χ2n) is 6.69. The van der Waals surface area contributed by atoms with Crippen molar-refractivity contribution in [1.82, 2.24) is 25.2 Å². The number of pyridine rings is 1. The molecule has 25 heavy (non-hydrogen) atoms. The molecule has 0 radical (unpaired) electrons. The number of aromatic nitrogens is 3. The molecule has 0 aliphatic carbocycles. The Morgan fingerprint density at radius 1 is 1.32 bits per heavy atom. The Balaban J connectivity index is 1.43. The highest BCUT2D eigenvalue weighted by molar-refractivity contribution is 5.93. The molecule has 132 valence electrons. The summed E-state index contributed by atoms with van der Waals surface area (Å²) in [6.07, 6.45) is 7.94. The van der Waals surface area contributed by atoms with Crippen molar-refractivity contribution in [2.75, 3.05) is 19.6 Å². The van der Waals surface area contributed by atoms with Crippen LogP contribution in [0.3, 0.4) is 0 Å². The van der Waals surface area contributed by atoms with Gasteiger partial charge in [0, 0.05) is 37.7 Å². The number of piperidine rings is 1. The monoisotopic (exact) mass is 339 g/mol. The van der Waals surface area contributed by atoms with Crippen molar-refractivity contribution in [1.29, 1.82) is 0 Å². The third-order valence-electron chi connectivity index (χ3n) is 4.60. The normalized spacial score (nSPS) is 18.0. The summed E-state index contributed by atoms with van der Waals surface area (Å²) in [5.74, 6) is 0.517. The fraction of sp³-hybridized carbons (Fsp3) is 0.474. The number of rotatable bonds is 6. The van der Waals surface area contributed by atoms with E-state index in [0.717, 1.165) is 37.4 Å². The molecule has 1 aliphatic rings. The van der Waals surface area contributed by atoms with E-state index in [1.54, 1.807) is 12.4 Å². The predicted molar refractivity (Wildman–Crippen MR) is 96.0 cm³/mol. The van der Waals surface area contributed by atoms with E-state index in [1.165, 1.54) is 19.2 Å². The lowest BCUT2D eigenvalue weighted by Crippen LogP contribution is -2.37. The van der Waals surface area contributed by atoms with Crippen LogP contribution in [0.5, 0.6) is 0 Å². The van der Waals surface area contributed by atoms with Gasteiger partial charge in [0.05, 0.1) is 11.3 Å². The lowest BCUT2D eigenvalue weighted by Gasteiger charge is -2.32. The van der Waals surface area contributed by atoms with E-state index in [2.05, 4.69) is 37.3 Å². The van der Waals surface area contributed by atoms with E-state index < -0.39 is 0 Å². The molecule has 1 fully saturated rings. The van der Waals surface area contributed by atoms with Gasteiger partial charge in [-0.05, 0) is 50.8 Å². The molecule has 0 saturated carbocycles. The molecule has 6 nitrogen and oxygen atoms in total. The van der Waals surface area contributed by atoms with Crippen LogP contribution in [0.15, 0.2) is 36.9 Å². The topological polar surface area (TPSA) is 71.0 Å². The summed E-state index contributed by atoms with van der Waals surface area (Å²) < 4.78 is 0. The average Bonchev–Trinajstić information content (AvgIpc) is 2.63. The number of likely N-dealkylation sites (tertiary alicyclic amines) is 1. The van der Waals surface area contributed by atoms with E-state index in [1.807, 2.05) is 13.0 Å². The van der Waals surface area contributed by atoms with Crippen molar-refractivity contribution in [3.05, 3.63) is 53.9 Å². The second-order valence-corrected chi connectivity index (χ2v) is 6.69. The van der Waals surface area contributed by atoms with Crippen molar-refractivity contribution < 1.29 is 4.79 Å². The summed E-state index contributed by atoms with van der Waals surface area (Å²) in [5, 5.41) is 2.97. The molecule has 6 heteroatoms. The third kappa shape index (κ3) is 5.32. The molecule has 1 unspecified atom stereocenters. The van der Waals surface area contributed by atoms with Crippen LogP contribution in [0.2, 0.25) is 0 Å². The molecule has 0 bridgehead atoms. The van der Waals surface area contributed by atoms with Crippen molar-refractivity contribution in [2.24, 2.45) is 5.92 Å². The highest BCUT2D eigenvalue weighted by atomic mass is 16.1. The zero-order valence-corrected chi connectivity index (χ0v) is 14.7. The second kappa shape index (κ2) is 8.67. The minimum atomic E-state index is -0.0998. The summed E-state index contributed by atoms with van der Waals surface area (Å²) in [5.41, 5.74) is 2.72. The van der Waals surface area contributed by atoms with Gasteiger partial charge in [-0.2, -0.15) is 0 Å². The van der Waals surface area contributed by atoms with Gasteiger partial charge in [0.15, 0.2) is 0 Å². The number of aryl methyl sites for hydroxylation is 1. The maximum atomic E-state index is 12.0. The number of carbonyl (C=O) groups excluding carboxylic acids is 1. The van der Waals surface area contributed by atoms with Gasteiger partial charge in [-0.1, -0.05) is 6.07 Å². The molecule has 2 aromatic rings. The van der Waals surface area contributed by atoms with Crippen molar-refractivity contribution in [2.45, 2.75) is 32.7 Å². The molecular formula is C19H25N5O.